The summed E-state index contributed by atoms with van der Waals surface area (Å²) < 4.78 is 55.0. The van der Waals surface area contributed by atoms with Gasteiger partial charge in [0.1, 0.15) is 5.82 Å². The van der Waals surface area contributed by atoms with Crippen LogP contribution < -0.4 is 5.32 Å². The Labute approximate surface area is 180 Å². The highest BCUT2D eigenvalue weighted by molar-refractivity contribution is 5.93. The van der Waals surface area contributed by atoms with E-state index in [4.69, 9.17) is 0 Å². The van der Waals surface area contributed by atoms with Crippen molar-refractivity contribution in [3.8, 4) is 11.3 Å². The summed E-state index contributed by atoms with van der Waals surface area (Å²) in [5.41, 5.74) is -0.240. The number of carbonyl (C=O) groups is 1. The number of hydrogen-bond donors (Lipinski definition) is 1. The number of nitrogens with one attached hydrogen (secondary N) is 1. The third kappa shape index (κ3) is 4.32. The Morgan fingerprint density at radius 2 is 1.75 bits per heavy atom. The Balaban J connectivity index is 1.74. The van der Waals surface area contributed by atoms with Crippen LogP contribution in [0.4, 0.5) is 17.6 Å². The van der Waals surface area contributed by atoms with Crippen molar-refractivity contribution in [3.63, 3.8) is 0 Å². The number of alkyl halides is 3. The molecule has 0 saturated heterocycles. The zero-order valence-electron chi connectivity index (χ0n) is 16.9. The Kier molecular flexibility index (Phi) is 5.65. The van der Waals surface area contributed by atoms with Crippen LogP contribution in [-0.4, -0.2) is 20.5 Å². The van der Waals surface area contributed by atoms with Gasteiger partial charge in [0.25, 0.3) is 5.91 Å². The monoisotopic (exact) mass is 442 g/mol. The molecule has 4 rings (SSSR count). The summed E-state index contributed by atoms with van der Waals surface area (Å²) in [5.74, 6) is -1.12. The zero-order valence-corrected chi connectivity index (χ0v) is 16.9. The van der Waals surface area contributed by atoms with Gasteiger partial charge in [-0.05, 0) is 42.3 Å². The Morgan fingerprint density at radius 3 is 2.38 bits per heavy atom. The van der Waals surface area contributed by atoms with Gasteiger partial charge >= 0.3 is 6.18 Å². The summed E-state index contributed by atoms with van der Waals surface area (Å²) in [7, 11) is 0. The van der Waals surface area contributed by atoms with Crippen molar-refractivity contribution in [2.75, 3.05) is 0 Å². The molecule has 4 aromatic rings. The quantitative estimate of drug-likeness (QED) is 0.419. The van der Waals surface area contributed by atoms with Crippen molar-refractivity contribution in [3.05, 3.63) is 89.5 Å². The van der Waals surface area contributed by atoms with Crippen LogP contribution in [0, 0.1) is 5.82 Å². The average molecular weight is 442 g/mol. The molecule has 0 saturated carbocycles. The number of hydrogen-bond acceptors (Lipinski definition) is 3. The second-order valence-electron chi connectivity index (χ2n) is 7.18. The summed E-state index contributed by atoms with van der Waals surface area (Å²) in [4.78, 5) is 17.0. The topological polar surface area (TPSA) is 59.3 Å². The maximum Gasteiger partial charge on any atom is 0.433 e. The molecule has 1 unspecified atom stereocenters. The van der Waals surface area contributed by atoms with Crippen molar-refractivity contribution in [2.45, 2.75) is 25.6 Å². The molecule has 1 amide bonds. The largest absolute Gasteiger partial charge is 0.433 e. The molecule has 5 nitrogen and oxygen atoms in total. The molecule has 0 aliphatic heterocycles. The minimum Gasteiger partial charge on any atom is -0.344 e. The molecule has 1 atom stereocenters. The van der Waals surface area contributed by atoms with Crippen molar-refractivity contribution in [2.24, 2.45) is 0 Å². The predicted octanol–water partition coefficient (Wildman–Crippen LogP) is 5.44. The Hall–Kier alpha value is -3.75. The fraction of sp³-hybridized carbons (Fsp3) is 0.174. The van der Waals surface area contributed by atoms with Crippen LogP contribution in [0.15, 0.2) is 66.7 Å². The summed E-state index contributed by atoms with van der Waals surface area (Å²) in [6.45, 7) is 1.89. The molecule has 0 aliphatic carbocycles. The summed E-state index contributed by atoms with van der Waals surface area (Å²) in [6, 6.07) is 15.9. The van der Waals surface area contributed by atoms with Gasteiger partial charge in [0, 0.05) is 11.6 Å². The van der Waals surface area contributed by atoms with Gasteiger partial charge in [0.15, 0.2) is 17.0 Å². The first-order chi connectivity index (χ1) is 15.3. The number of fused-ring (bicyclic) bond motifs is 1. The normalized spacial score (nSPS) is 12.7. The van der Waals surface area contributed by atoms with Gasteiger partial charge in [-0.2, -0.15) is 18.3 Å². The Bertz CT molecular complexity index is 1250. The number of benzene rings is 2. The van der Waals surface area contributed by atoms with E-state index in [1.54, 1.807) is 0 Å². The van der Waals surface area contributed by atoms with Crippen molar-refractivity contribution in [1.82, 2.24) is 19.9 Å². The van der Waals surface area contributed by atoms with Gasteiger partial charge in [-0.1, -0.05) is 37.3 Å². The van der Waals surface area contributed by atoms with Crippen LogP contribution in [0.25, 0.3) is 16.9 Å². The molecule has 2 aromatic heterocycles. The molecule has 0 spiro atoms. The summed E-state index contributed by atoms with van der Waals surface area (Å²) in [6.07, 6.45) is -4.16. The van der Waals surface area contributed by atoms with E-state index < -0.39 is 23.6 Å². The molecular formula is C23H18F4N4O. The van der Waals surface area contributed by atoms with Crippen LogP contribution in [0.2, 0.25) is 0 Å². The fourth-order valence-electron chi connectivity index (χ4n) is 3.39. The molecule has 0 fully saturated rings. The van der Waals surface area contributed by atoms with Crippen LogP contribution >= 0.6 is 0 Å². The van der Waals surface area contributed by atoms with Gasteiger partial charge in [-0.15, -0.1) is 0 Å². The molecule has 164 valence electrons. The van der Waals surface area contributed by atoms with Crippen LogP contribution in [0.5, 0.6) is 0 Å². The first-order valence-corrected chi connectivity index (χ1v) is 9.86. The lowest BCUT2D eigenvalue weighted by molar-refractivity contribution is -0.142. The lowest BCUT2D eigenvalue weighted by atomic mass is 10.0. The fourth-order valence-corrected chi connectivity index (χ4v) is 3.39. The standard InChI is InChI=1S/C23H18F4N4O/c1-2-17(14-6-4-3-5-7-14)29-22(32)19-13-21-28-18(15-8-10-16(24)11-9-15)12-20(23(25,26)27)31(21)30-19/h3-13,17H,2H2,1H3,(H,29,32). The van der Waals surface area contributed by atoms with E-state index in [1.165, 1.54) is 18.2 Å². The van der Waals surface area contributed by atoms with E-state index in [1.807, 2.05) is 37.3 Å². The van der Waals surface area contributed by atoms with E-state index in [0.29, 0.717) is 16.5 Å². The smallest absolute Gasteiger partial charge is 0.344 e. The van der Waals surface area contributed by atoms with Crippen molar-refractivity contribution in [1.29, 1.82) is 0 Å². The highest BCUT2D eigenvalue weighted by Gasteiger charge is 2.35. The van der Waals surface area contributed by atoms with Crippen LogP contribution in [0.1, 0.15) is 41.1 Å². The minimum atomic E-state index is -4.74. The molecule has 32 heavy (non-hydrogen) atoms. The number of halogens is 4. The second kappa shape index (κ2) is 8.41. The first-order valence-electron chi connectivity index (χ1n) is 9.86. The van der Waals surface area contributed by atoms with Gasteiger partial charge in [0.05, 0.1) is 11.7 Å². The third-order valence-electron chi connectivity index (χ3n) is 5.01. The van der Waals surface area contributed by atoms with E-state index in [-0.39, 0.29) is 23.1 Å². The van der Waals surface area contributed by atoms with E-state index >= 15 is 0 Å². The predicted molar refractivity (Wildman–Crippen MR) is 110 cm³/mol. The highest BCUT2D eigenvalue weighted by Crippen LogP contribution is 2.32. The molecule has 0 bridgehead atoms. The molecule has 1 N–H and O–H groups in total. The first kappa shape index (κ1) is 21.5. The van der Waals surface area contributed by atoms with Gasteiger partial charge in [0.2, 0.25) is 0 Å². The minimum absolute atomic E-state index is 0.00703. The molecule has 2 heterocycles. The van der Waals surface area contributed by atoms with Crippen molar-refractivity contribution < 1.29 is 22.4 Å². The zero-order chi connectivity index (χ0) is 22.9. The van der Waals surface area contributed by atoms with Gasteiger partial charge in [-0.25, -0.2) is 13.9 Å². The molecule has 2 aromatic carbocycles. The van der Waals surface area contributed by atoms with E-state index in [0.717, 1.165) is 23.8 Å². The molecule has 0 aliphatic rings. The average Bonchev–Trinajstić information content (AvgIpc) is 3.21. The van der Waals surface area contributed by atoms with Crippen LogP contribution in [-0.2, 0) is 6.18 Å². The highest BCUT2D eigenvalue weighted by atomic mass is 19.4. The van der Waals surface area contributed by atoms with Gasteiger partial charge < -0.3 is 5.32 Å². The molecule has 9 heteroatoms. The lowest BCUT2D eigenvalue weighted by Crippen LogP contribution is -2.28. The molecular weight excluding hydrogens is 424 g/mol. The third-order valence-corrected chi connectivity index (χ3v) is 5.01. The number of rotatable bonds is 5. The number of aromatic nitrogens is 3. The second-order valence-corrected chi connectivity index (χ2v) is 7.18. The van der Waals surface area contributed by atoms with Crippen LogP contribution in [0.3, 0.4) is 0 Å². The number of nitrogens with zero attached hydrogens (tertiary/aromatic N) is 3. The van der Waals surface area contributed by atoms with E-state index in [2.05, 4.69) is 15.4 Å². The van der Waals surface area contributed by atoms with E-state index in [9.17, 15) is 22.4 Å². The SMILES string of the molecule is CCC(NC(=O)c1cc2nc(-c3ccc(F)cc3)cc(C(F)(F)F)n2n1)c1ccccc1. The molecule has 0 radical (unpaired) electrons. The number of carbonyl (C=O) groups excluding carboxylic acids is 1. The Morgan fingerprint density at radius 1 is 1.06 bits per heavy atom. The summed E-state index contributed by atoms with van der Waals surface area (Å²) >= 11 is 0. The maximum atomic E-state index is 13.7. The number of amides is 1. The maximum absolute atomic E-state index is 13.7. The van der Waals surface area contributed by atoms with Crippen molar-refractivity contribution >= 4 is 11.6 Å². The summed E-state index contributed by atoms with van der Waals surface area (Å²) in [5, 5.41) is 6.68. The van der Waals surface area contributed by atoms with Gasteiger partial charge in [-0.3, -0.25) is 4.79 Å². The lowest BCUT2D eigenvalue weighted by Gasteiger charge is -2.16.